The fourth-order valence-corrected chi connectivity index (χ4v) is 3.61. The van der Waals surface area contributed by atoms with Crippen molar-refractivity contribution in [3.05, 3.63) is 65.8 Å². The minimum Gasteiger partial charge on any atom is -0.368 e. The van der Waals surface area contributed by atoms with Crippen LogP contribution in [0, 0.1) is 5.82 Å². The Morgan fingerprint density at radius 2 is 1.66 bits per heavy atom. The molecule has 148 valence electrons. The van der Waals surface area contributed by atoms with Crippen LogP contribution >= 0.6 is 0 Å². The predicted molar refractivity (Wildman–Crippen MR) is 106 cm³/mol. The summed E-state index contributed by atoms with van der Waals surface area (Å²) >= 11 is 0. The molecule has 29 heavy (non-hydrogen) atoms. The zero-order valence-corrected chi connectivity index (χ0v) is 15.9. The van der Waals surface area contributed by atoms with Crippen molar-refractivity contribution in [3.8, 4) is 11.4 Å². The van der Waals surface area contributed by atoms with E-state index in [-0.39, 0.29) is 11.7 Å². The molecule has 2 fully saturated rings. The summed E-state index contributed by atoms with van der Waals surface area (Å²) in [6.45, 7) is 2.77. The molecule has 0 radical (unpaired) electrons. The number of anilines is 1. The second-order valence-corrected chi connectivity index (χ2v) is 7.56. The molecule has 5 rings (SSSR count). The van der Waals surface area contributed by atoms with Crippen molar-refractivity contribution in [1.29, 1.82) is 0 Å². The summed E-state index contributed by atoms with van der Waals surface area (Å²) in [4.78, 5) is 21.1. The smallest absolute Gasteiger partial charge is 0.253 e. The summed E-state index contributed by atoms with van der Waals surface area (Å²) in [5.41, 5.74) is 2.57. The fourth-order valence-electron chi connectivity index (χ4n) is 3.61. The lowest BCUT2D eigenvalue weighted by Gasteiger charge is -2.36. The van der Waals surface area contributed by atoms with Gasteiger partial charge in [0.2, 0.25) is 11.7 Å². The van der Waals surface area contributed by atoms with Crippen molar-refractivity contribution < 1.29 is 13.7 Å². The molecule has 6 nitrogen and oxygen atoms in total. The molecule has 1 aliphatic heterocycles. The molecule has 1 saturated heterocycles. The lowest BCUT2D eigenvalue weighted by atomic mass is 10.1. The maximum Gasteiger partial charge on any atom is 0.253 e. The van der Waals surface area contributed by atoms with Crippen molar-refractivity contribution in [2.24, 2.45) is 0 Å². The van der Waals surface area contributed by atoms with Gasteiger partial charge in [-0.1, -0.05) is 5.16 Å². The van der Waals surface area contributed by atoms with Gasteiger partial charge in [0.15, 0.2) is 0 Å². The Morgan fingerprint density at radius 1 is 0.966 bits per heavy atom. The average molecular weight is 392 g/mol. The molecule has 1 amide bonds. The molecule has 0 bridgehead atoms. The zero-order valence-electron chi connectivity index (χ0n) is 15.9. The van der Waals surface area contributed by atoms with Gasteiger partial charge >= 0.3 is 0 Å². The second-order valence-electron chi connectivity index (χ2n) is 7.56. The highest BCUT2D eigenvalue weighted by atomic mass is 19.1. The van der Waals surface area contributed by atoms with Crippen molar-refractivity contribution >= 4 is 11.6 Å². The first kappa shape index (κ1) is 17.8. The van der Waals surface area contributed by atoms with Crippen LogP contribution in [0.1, 0.15) is 35.0 Å². The molecular formula is C22H21FN4O2. The van der Waals surface area contributed by atoms with Crippen molar-refractivity contribution in [3.63, 3.8) is 0 Å². The Labute approximate surface area is 167 Å². The van der Waals surface area contributed by atoms with Crippen LogP contribution in [0.3, 0.4) is 0 Å². The standard InChI is InChI=1S/C22H21FN4O2/c23-18-7-3-17(4-8-18)22(28)27-13-11-26(12-14-27)19-9-5-15(6-10-19)20-24-21(29-25-20)16-1-2-16/h3-10,16H,1-2,11-14H2. The molecule has 0 unspecified atom stereocenters. The SMILES string of the molecule is O=C(c1ccc(F)cc1)N1CCN(c2ccc(-c3noc(C4CC4)n3)cc2)CC1. The highest BCUT2D eigenvalue weighted by molar-refractivity contribution is 5.94. The summed E-state index contributed by atoms with van der Waals surface area (Å²) in [6.07, 6.45) is 2.27. The predicted octanol–water partition coefficient (Wildman–Crippen LogP) is 3.72. The van der Waals surface area contributed by atoms with Gasteiger partial charge in [-0.15, -0.1) is 0 Å². The number of aromatic nitrogens is 2. The number of carbonyl (C=O) groups excluding carboxylic acids is 1. The first-order chi connectivity index (χ1) is 14.2. The topological polar surface area (TPSA) is 62.5 Å². The van der Waals surface area contributed by atoms with Crippen LogP contribution in [-0.2, 0) is 0 Å². The number of halogens is 1. The van der Waals surface area contributed by atoms with E-state index in [2.05, 4.69) is 27.2 Å². The normalized spacial score (nSPS) is 16.9. The van der Waals surface area contributed by atoms with Gasteiger partial charge in [-0.25, -0.2) is 4.39 Å². The van der Waals surface area contributed by atoms with E-state index in [1.54, 1.807) is 0 Å². The van der Waals surface area contributed by atoms with E-state index < -0.39 is 0 Å². The maximum atomic E-state index is 13.1. The zero-order chi connectivity index (χ0) is 19.8. The summed E-state index contributed by atoms with van der Waals surface area (Å²) in [5.74, 6) is 1.44. The highest BCUT2D eigenvalue weighted by Gasteiger charge is 2.29. The summed E-state index contributed by atoms with van der Waals surface area (Å²) in [5, 5.41) is 4.09. The van der Waals surface area contributed by atoms with Gasteiger partial charge in [-0.05, 0) is 61.4 Å². The number of amides is 1. The Kier molecular flexibility index (Phi) is 4.50. The third-order valence-corrected chi connectivity index (χ3v) is 5.52. The monoisotopic (exact) mass is 392 g/mol. The van der Waals surface area contributed by atoms with E-state index in [4.69, 9.17) is 4.52 Å². The van der Waals surface area contributed by atoms with E-state index in [0.29, 0.717) is 30.4 Å². The van der Waals surface area contributed by atoms with Crippen LogP contribution in [0.4, 0.5) is 10.1 Å². The number of piperazine rings is 1. The maximum absolute atomic E-state index is 13.1. The van der Waals surface area contributed by atoms with E-state index in [0.717, 1.165) is 43.1 Å². The quantitative estimate of drug-likeness (QED) is 0.677. The Morgan fingerprint density at radius 3 is 2.31 bits per heavy atom. The molecular weight excluding hydrogens is 371 g/mol. The van der Waals surface area contributed by atoms with Gasteiger partial charge in [0.05, 0.1) is 0 Å². The Bertz CT molecular complexity index is 1000. The van der Waals surface area contributed by atoms with Gasteiger partial charge < -0.3 is 14.3 Å². The number of rotatable bonds is 4. The highest BCUT2D eigenvalue weighted by Crippen LogP contribution is 2.39. The van der Waals surface area contributed by atoms with E-state index in [1.165, 1.54) is 24.3 Å². The third-order valence-electron chi connectivity index (χ3n) is 5.52. The molecule has 2 heterocycles. The van der Waals surface area contributed by atoms with Crippen LogP contribution in [0.25, 0.3) is 11.4 Å². The Hall–Kier alpha value is -3.22. The van der Waals surface area contributed by atoms with Crippen LogP contribution in [0.5, 0.6) is 0 Å². The molecule has 1 saturated carbocycles. The first-order valence-electron chi connectivity index (χ1n) is 9.91. The number of carbonyl (C=O) groups is 1. The van der Waals surface area contributed by atoms with E-state index >= 15 is 0 Å². The number of benzene rings is 2. The van der Waals surface area contributed by atoms with E-state index in [1.807, 2.05) is 17.0 Å². The van der Waals surface area contributed by atoms with Crippen molar-refractivity contribution in [1.82, 2.24) is 15.0 Å². The number of hydrogen-bond acceptors (Lipinski definition) is 5. The second kappa shape index (κ2) is 7.31. The third kappa shape index (κ3) is 3.72. The lowest BCUT2D eigenvalue weighted by molar-refractivity contribution is 0.0746. The van der Waals surface area contributed by atoms with Gasteiger partial charge in [-0.2, -0.15) is 4.98 Å². The van der Waals surface area contributed by atoms with Gasteiger partial charge in [0, 0.05) is 48.9 Å². The van der Waals surface area contributed by atoms with Crippen molar-refractivity contribution in [2.75, 3.05) is 31.1 Å². The minimum absolute atomic E-state index is 0.0522. The molecule has 2 aliphatic rings. The molecule has 0 N–H and O–H groups in total. The van der Waals surface area contributed by atoms with Crippen LogP contribution < -0.4 is 4.90 Å². The number of hydrogen-bond donors (Lipinski definition) is 0. The minimum atomic E-state index is -0.334. The molecule has 2 aromatic carbocycles. The fraction of sp³-hybridized carbons (Fsp3) is 0.318. The van der Waals surface area contributed by atoms with Gasteiger partial charge in [-0.3, -0.25) is 4.79 Å². The molecule has 3 aromatic rings. The molecule has 7 heteroatoms. The molecule has 0 atom stereocenters. The Balaban J connectivity index is 1.21. The van der Waals surface area contributed by atoms with Crippen LogP contribution in [0.15, 0.2) is 53.1 Å². The first-order valence-corrected chi connectivity index (χ1v) is 9.91. The van der Waals surface area contributed by atoms with Crippen molar-refractivity contribution in [2.45, 2.75) is 18.8 Å². The molecule has 1 aliphatic carbocycles. The molecule has 1 aromatic heterocycles. The van der Waals surface area contributed by atoms with Gasteiger partial charge in [0.1, 0.15) is 5.82 Å². The molecule has 0 spiro atoms. The van der Waals surface area contributed by atoms with Crippen LogP contribution in [-0.4, -0.2) is 47.1 Å². The van der Waals surface area contributed by atoms with Gasteiger partial charge in [0.25, 0.3) is 5.91 Å². The largest absolute Gasteiger partial charge is 0.368 e. The summed E-state index contributed by atoms with van der Waals surface area (Å²) in [6, 6.07) is 13.8. The average Bonchev–Trinajstić information content (AvgIpc) is 3.51. The summed E-state index contributed by atoms with van der Waals surface area (Å²) in [7, 11) is 0. The lowest BCUT2D eigenvalue weighted by Crippen LogP contribution is -2.48. The summed E-state index contributed by atoms with van der Waals surface area (Å²) < 4.78 is 18.4. The van der Waals surface area contributed by atoms with E-state index in [9.17, 15) is 9.18 Å². The van der Waals surface area contributed by atoms with Crippen LogP contribution in [0.2, 0.25) is 0 Å². The number of nitrogens with zero attached hydrogens (tertiary/aromatic N) is 4.